The van der Waals surface area contributed by atoms with E-state index < -0.39 is 0 Å². The fourth-order valence-electron chi connectivity index (χ4n) is 3.70. The number of aromatic nitrogens is 2. The third-order valence-electron chi connectivity index (χ3n) is 4.85. The normalized spacial score (nSPS) is 18.2. The Labute approximate surface area is 127 Å². The van der Waals surface area contributed by atoms with E-state index in [9.17, 15) is 0 Å². The Balaban J connectivity index is 1.83. The molecule has 1 aliphatic rings. The highest BCUT2D eigenvalue weighted by atomic mass is 15.3. The summed E-state index contributed by atoms with van der Waals surface area (Å²) in [5.74, 6) is 0.684. The van der Waals surface area contributed by atoms with Gasteiger partial charge in [-0.25, -0.2) is 0 Å². The zero-order valence-corrected chi connectivity index (χ0v) is 13.5. The van der Waals surface area contributed by atoms with Crippen LogP contribution >= 0.6 is 0 Å². The van der Waals surface area contributed by atoms with Crippen LogP contribution in [0.2, 0.25) is 0 Å². The van der Waals surface area contributed by atoms with Gasteiger partial charge < -0.3 is 5.32 Å². The molecule has 3 nitrogen and oxygen atoms in total. The quantitative estimate of drug-likeness (QED) is 0.911. The molecule has 1 aliphatic carbocycles. The number of nitrogens with zero attached hydrogens (tertiary/aromatic N) is 2. The van der Waals surface area contributed by atoms with Crippen LogP contribution in [0.5, 0.6) is 0 Å². The molecule has 0 saturated carbocycles. The van der Waals surface area contributed by atoms with Gasteiger partial charge in [0.15, 0.2) is 0 Å². The van der Waals surface area contributed by atoms with Crippen LogP contribution in [-0.4, -0.2) is 16.3 Å². The van der Waals surface area contributed by atoms with Gasteiger partial charge in [0.25, 0.3) is 0 Å². The molecule has 112 valence electrons. The maximum Gasteiger partial charge on any atom is 0.0644 e. The molecule has 1 aromatic carbocycles. The zero-order valence-electron chi connectivity index (χ0n) is 13.5. The summed E-state index contributed by atoms with van der Waals surface area (Å²) in [6, 6.07) is 9.26. The first kappa shape index (κ1) is 14.3. The number of fused-ring (bicyclic) bond motifs is 1. The third kappa shape index (κ3) is 2.51. The molecule has 0 radical (unpaired) electrons. The second-order valence-corrected chi connectivity index (χ2v) is 6.15. The van der Waals surface area contributed by atoms with Crippen molar-refractivity contribution in [2.24, 2.45) is 7.05 Å². The van der Waals surface area contributed by atoms with Crippen molar-refractivity contribution in [3.8, 4) is 0 Å². The van der Waals surface area contributed by atoms with Crippen molar-refractivity contribution in [2.45, 2.75) is 45.6 Å². The van der Waals surface area contributed by atoms with Gasteiger partial charge in [0.05, 0.1) is 5.69 Å². The minimum Gasteiger partial charge on any atom is -0.310 e. The molecule has 1 N–H and O–H groups in total. The summed E-state index contributed by atoms with van der Waals surface area (Å²) in [5, 5.41) is 8.26. The highest BCUT2D eigenvalue weighted by Crippen LogP contribution is 2.41. The highest BCUT2D eigenvalue weighted by molar-refractivity contribution is 5.40. The van der Waals surface area contributed by atoms with E-state index in [1.165, 1.54) is 23.2 Å². The van der Waals surface area contributed by atoms with Crippen molar-refractivity contribution >= 4 is 0 Å². The molecule has 1 heterocycles. The SMILES string of the molecule is CCNC(CC1Cc2ccccc21)c1c(C)nn(C)c1C. The lowest BCUT2D eigenvalue weighted by atomic mass is 9.73. The van der Waals surface area contributed by atoms with Gasteiger partial charge in [-0.2, -0.15) is 5.10 Å². The predicted octanol–water partition coefficient (Wildman–Crippen LogP) is 3.42. The van der Waals surface area contributed by atoms with Crippen LogP contribution in [0.3, 0.4) is 0 Å². The molecule has 0 fully saturated rings. The topological polar surface area (TPSA) is 29.9 Å². The van der Waals surface area contributed by atoms with Crippen LogP contribution in [0.15, 0.2) is 24.3 Å². The second-order valence-electron chi connectivity index (χ2n) is 6.15. The van der Waals surface area contributed by atoms with Crippen molar-refractivity contribution in [1.82, 2.24) is 15.1 Å². The number of nitrogens with one attached hydrogen (secondary N) is 1. The van der Waals surface area contributed by atoms with Gasteiger partial charge in [-0.1, -0.05) is 31.2 Å². The zero-order chi connectivity index (χ0) is 15.0. The van der Waals surface area contributed by atoms with Crippen LogP contribution in [-0.2, 0) is 13.5 Å². The van der Waals surface area contributed by atoms with Gasteiger partial charge in [-0.15, -0.1) is 0 Å². The lowest BCUT2D eigenvalue weighted by molar-refractivity contribution is 0.433. The summed E-state index contributed by atoms with van der Waals surface area (Å²) in [4.78, 5) is 0. The number of rotatable bonds is 5. The maximum atomic E-state index is 4.59. The molecule has 0 aliphatic heterocycles. The van der Waals surface area contributed by atoms with Gasteiger partial charge >= 0.3 is 0 Å². The first-order chi connectivity index (χ1) is 10.1. The van der Waals surface area contributed by atoms with Crippen molar-refractivity contribution in [2.75, 3.05) is 6.54 Å². The van der Waals surface area contributed by atoms with Crippen LogP contribution in [0.25, 0.3) is 0 Å². The fourth-order valence-corrected chi connectivity index (χ4v) is 3.70. The summed E-state index contributed by atoms with van der Waals surface area (Å²) in [6.45, 7) is 7.48. The van der Waals surface area contributed by atoms with Crippen LogP contribution < -0.4 is 5.32 Å². The standard InChI is InChI=1S/C18H25N3/c1-5-19-17(18-12(2)20-21(4)13(18)3)11-15-10-14-8-6-7-9-16(14)15/h6-9,15,17,19H,5,10-11H2,1-4H3. The van der Waals surface area contributed by atoms with Crippen molar-refractivity contribution in [3.05, 3.63) is 52.3 Å². The van der Waals surface area contributed by atoms with Crippen molar-refractivity contribution in [3.63, 3.8) is 0 Å². The Morgan fingerprint density at radius 1 is 1.33 bits per heavy atom. The molecule has 2 unspecified atom stereocenters. The highest BCUT2D eigenvalue weighted by Gasteiger charge is 2.30. The third-order valence-corrected chi connectivity index (χ3v) is 4.85. The summed E-state index contributed by atoms with van der Waals surface area (Å²) < 4.78 is 2.00. The van der Waals surface area contributed by atoms with E-state index in [0.29, 0.717) is 12.0 Å². The van der Waals surface area contributed by atoms with E-state index in [4.69, 9.17) is 0 Å². The Bertz CT molecular complexity index is 642. The fraction of sp³-hybridized carbons (Fsp3) is 0.500. The Morgan fingerprint density at radius 3 is 2.71 bits per heavy atom. The predicted molar refractivity (Wildman–Crippen MR) is 86.6 cm³/mol. The van der Waals surface area contributed by atoms with E-state index in [0.717, 1.165) is 18.7 Å². The molecule has 0 bridgehead atoms. The molecule has 21 heavy (non-hydrogen) atoms. The van der Waals surface area contributed by atoms with E-state index in [1.807, 2.05) is 11.7 Å². The number of aryl methyl sites for hydroxylation is 2. The average molecular weight is 283 g/mol. The first-order valence-electron chi connectivity index (χ1n) is 7.93. The van der Waals surface area contributed by atoms with E-state index in [-0.39, 0.29) is 0 Å². The van der Waals surface area contributed by atoms with Gasteiger partial charge in [-0.05, 0) is 50.3 Å². The van der Waals surface area contributed by atoms with Gasteiger partial charge in [0.2, 0.25) is 0 Å². The van der Waals surface area contributed by atoms with Crippen LogP contribution in [0.1, 0.15) is 53.4 Å². The van der Waals surface area contributed by atoms with E-state index in [1.54, 1.807) is 5.56 Å². The Morgan fingerprint density at radius 2 is 2.10 bits per heavy atom. The molecule has 2 aromatic rings. The molecule has 3 rings (SSSR count). The minimum absolute atomic E-state index is 0.405. The first-order valence-corrected chi connectivity index (χ1v) is 7.93. The van der Waals surface area contributed by atoms with E-state index in [2.05, 4.69) is 55.5 Å². The van der Waals surface area contributed by atoms with Gasteiger partial charge in [-0.3, -0.25) is 4.68 Å². The van der Waals surface area contributed by atoms with Gasteiger partial charge in [0.1, 0.15) is 0 Å². The van der Waals surface area contributed by atoms with Crippen molar-refractivity contribution < 1.29 is 0 Å². The number of hydrogen-bond acceptors (Lipinski definition) is 2. The largest absolute Gasteiger partial charge is 0.310 e. The van der Waals surface area contributed by atoms with E-state index >= 15 is 0 Å². The summed E-state index contributed by atoms with van der Waals surface area (Å²) in [5.41, 5.74) is 6.90. The summed E-state index contributed by atoms with van der Waals surface area (Å²) in [6.07, 6.45) is 2.38. The number of hydrogen-bond donors (Lipinski definition) is 1. The van der Waals surface area contributed by atoms with Gasteiger partial charge in [0, 0.05) is 24.3 Å². The van der Waals surface area contributed by atoms with Crippen LogP contribution in [0.4, 0.5) is 0 Å². The molecule has 0 saturated heterocycles. The Hall–Kier alpha value is -1.61. The summed E-state index contributed by atoms with van der Waals surface area (Å²) >= 11 is 0. The van der Waals surface area contributed by atoms with Crippen molar-refractivity contribution in [1.29, 1.82) is 0 Å². The molecule has 1 aromatic heterocycles. The molecule has 3 heteroatoms. The lowest BCUT2D eigenvalue weighted by Crippen LogP contribution is -2.27. The van der Waals surface area contributed by atoms with Crippen LogP contribution in [0, 0.1) is 13.8 Å². The molecular weight excluding hydrogens is 258 g/mol. The Kier molecular flexibility index (Phi) is 3.85. The molecule has 2 atom stereocenters. The maximum absolute atomic E-state index is 4.59. The number of benzene rings is 1. The average Bonchev–Trinajstić information content (AvgIpc) is 2.69. The lowest BCUT2D eigenvalue weighted by Gasteiger charge is -2.33. The minimum atomic E-state index is 0.405. The monoisotopic (exact) mass is 283 g/mol. The molecular formula is C18H25N3. The second kappa shape index (κ2) is 5.64. The molecule has 0 amide bonds. The molecule has 0 spiro atoms. The summed E-state index contributed by atoms with van der Waals surface area (Å²) in [7, 11) is 2.04. The smallest absolute Gasteiger partial charge is 0.0644 e.